The summed E-state index contributed by atoms with van der Waals surface area (Å²) in [5, 5.41) is 9.07. The molecule has 1 atom stereocenters. The smallest absolute Gasteiger partial charge is 0.307 e. The summed E-state index contributed by atoms with van der Waals surface area (Å²) in [4.78, 5) is 13.2. The highest BCUT2D eigenvalue weighted by Crippen LogP contribution is 2.16. The Morgan fingerprint density at radius 3 is 2.33 bits per heavy atom. The van der Waals surface area contributed by atoms with Gasteiger partial charge in [0.25, 0.3) is 0 Å². The molecular weight excluding hydrogens is 266 g/mol. The first-order chi connectivity index (χ1) is 9.70. The predicted octanol–water partition coefficient (Wildman–Crippen LogP) is 3.20. The number of aliphatic carboxylic acids is 1. The van der Waals surface area contributed by atoms with Crippen molar-refractivity contribution < 1.29 is 14.6 Å². The molecule has 0 aromatic heterocycles. The maximum atomic E-state index is 11.0. The van der Waals surface area contributed by atoms with E-state index in [-0.39, 0.29) is 11.5 Å². The first kappa shape index (κ1) is 17.5. The van der Waals surface area contributed by atoms with E-state index in [0.29, 0.717) is 19.7 Å². The minimum atomic E-state index is -0.760. The molecule has 0 radical (unpaired) electrons. The van der Waals surface area contributed by atoms with Gasteiger partial charge in [-0.3, -0.25) is 9.69 Å². The molecule has 0 amide bonds. The van der Waals surface area contributed by atoms with E-state index in [4.69, 9.17) is 9.84 Å². The van der Waals surface area contributed by atoms with Crippen LogP contribution in [0.25, 0.3) is 0 Å². The Bertz CT molecular complexity index is 448. The summed E-state index contributed by atoms with van der Waals surface area (Å²) in [5.41, 5.74) is 1.12. The van der Waals surface area contributed by atoms with Crippen LogP contribution in [0.15, 0.2) is 24.3 Å². The van der Waals surface area contributed by atoms with Crippen molar-refractivity contribution in [2.24, 2.45) is 5.92 Å². The zero-order valence-corrected chi connectivity index (χ0v) is 13.7. The zero-order valence-electron chi connectivity index (χ0n) is 13.7. The average Bonchev–Trinajstić information content (AvgIpc) is 2.38. The van der Waals surface area contributed by atoms with Gasteiger partial charge < -0.3 is 9.84 Å². The lowest BCUT2D eigenvalue weighted by Gasteiger charge is -2.36. The van der Waals surface area contributed by atoms with Crippen LogP contribution in [-0.2, 0) is 4.79 Å². The molecule has 0 bridgehead atoms. The van der Waals surface area contributed by atoms with Gasteiger partial charge in [-0.25, -0.2) is 0 Å². The second kappa shape index (κ2) is 7.46. The normalized spacial score (nSPS) is 13.2. The first-order valence-corrected chi connectivity index (χ1v) is 7.37. The third kappa shape index (κ3) is 6.17. The fraction of sp³-hybridized carbons (Fsp3) is 0.588. The second-order valence-corrected chi connectivity index (χ2v) is 6.52. The molecule has 1 aromatic carbocycles. The van der Waals surface area contributed by atoms with Crippen LogP contribution in [-0.4, -0.2) is 41.2 Å². The quantitative estimate of drug-likeness (QED) is 0.839. The second-order valence-electron chi connectivity index (χ2n) is 6.52. The molecule has 0 saturated carbocycles. The molecule has 0 fully saturated rings. The number of hydrogen-bond donors (Lipinski definition) is 1. The fourth-order valence-electron chi connectivity index (χ4n) is 2.02. The maximum absolute atomic E-state index is 11.0. The lowest BCUT2D eigenvalue weighted by Crippen LogP contribution is -2.46. The molecular formula is C17H27NO3. The summed E-state index contributed by atoms with van der Waals surface area (Å²) >= 11 is 0. The summed E-state index contributed by atoms with van der Waals surface area (Å²) in [5.74, 6) is -0.298. The van der Waals surface area contributed by atoms with Crippen LogP contribution in [0.3, 0.4) is 0 Å². The van der Waals surface area contributed by atoms with Gasteiger partial charge in [0.1, 0.15) is 12.4 Å². The number of carbonyl (C=O) groups is 1. The van der Waals surface area contributed by atoms with Crippen molar-refractivity contribution in [2.45, 2.75) is 40.2 Å². The number of ether oxygens (including phenoxy) is 1. The van der Waals surface area contributed by atoms with Crippen LogP contribution in [0.4, 0.5) is 0 Å². The third-order valence-electron chi connectivity index (χ3n) is 3.52. The van der Waals surface area contributed by atoms with Gasteiger partial charge in [-0.15, -0.1) is 0 Å². The van der Waals surface area contributed by atoms with Crippen molar-refractivity contribution in [1.82, 2.24) is 4.90 Å². The largest absolute Gasteiger partial charge is 0.492 e. The SMILES string of the molecule is Cc1ccc(OCCN(CC(C)C(=O)O)C(C)(C)C)cc1. The molecule has 1 rings (SSSR count). The van der Waals surface area contributed by atoms with Crippen LogP contribution in [0.1, 0.15) is 33.3 Å². The van der Waals surface area contributed by atoms with Crippen molar-refractivity contribution >= 4 is 5.97 Å². The number of nitrogens with zero attached hydrogens (tertiary/aromatic N) is 1. The van der Waals surface area contributed by atoms with E-state index in [0.717, 1.165) is 5.75 Å². The van der Waals surface area contributed by atoms with E-state index in [1.54, 1.807) is 6.92 Å². The van der Waals surface area contributed by atoms with Crippen LogP contribution in [0.5, 0.6) is 5.75 Å². The van der Waals surface area contributed by atoms with Gasteiger partial charge in [-0.05, 0) is 39.8 Å². The van der Waals surface area contributed by atoms with Crippen LogP contribution < -0.4 is 4.74 Å². The average molecular weight is 293 g/mol. The molecule has 0 saturated heterocycles. The molecule has 0 aliphatic heterocycles. The molecule has 0 aliphatic rings. The van der Waals surface area contributed by atoms with E-state index >= 15 is 0 Å². The predicted molar refractivity (Wildman–Crippen MR) is 84.8 cm³/mol. The van der Waals surface area contributed by atoms with E-state index in [1.165, 1.54) is 5.56 Å². The Kier molecular flexibility index (Phi) is 6.21. The molecule has 4 heteroatoms. The monoisotopic (exact) mass is 293 g/mol. The van der Waals surface area contributed by atoms with Gasteiger partial charge in [0.2, 0.25) is 0 Å². The molecule has 0 heterocycles. The molecule has 4 nitrogen and oxygen atoms in total. The molecule has 1 unspecified atom stereocenters. The summed E-state index contributed by atoms with van der Waals surface area (Å²) < 4.78 is 5.74. The summed E-state index contributed by atoms with van der Waals surface area (Å²) in [6.45, 7) is 11.8. The third-order valence-corrected chi connectivity index (χ3v) is 3.52. The van der Waals surface area contributed by atoms with Gasteiger partial charge in [0, 0.05) is 18.6 Å². The highest BCUT2D eigenvalue weighted by atomic mass is 16.5. The lowest BCUT2D eigenvalue weighted by atomic mass is 10.0. The topological polar surface area (TPSA) is 49.8 Å². The standard InChI is InChI=1S/C17H27NO3/c1-13-6-8-15(9-7-13)21-11-10-18(17(3,4)5)12-14(2)16(19)20/h6-9,14H,10-12H2,1-5H3,(H,19,20). The molecule has 1 aromatic rings. The fourth-order valence-corrected chi connectivity index (χ4v) is 2.02. The lowest BCUT2D eigenvalue weighted by molar-refractivity contribution is -0.142. The number of aryl methyl sites for hydroxylation is 1. The Hall–Kier alpha value is -1.55. The van der Waals surface area contributed by atoms with Crippen molar-refractivity contribution in [2.75, 3.05) is 19.7 Å². The van der Waals surface area contributed by atoms with Crippen molar-refractivity contribution in [3.8, 4) is 5.75 Å². The van der Waals surface area contributed by atoms with Gasteiger partial charge >= 0.3 is 5.97 Å². The van der Waals surface area contributed by atoms with Gasteiger partial charge in [0.15, 0.2) is 0 Å². The first-order valence-electron chi connectivity index (χ1n) is 7.37. The van der Waals surface area contributed by atoms with Crippen LogP contribution in [0, 0.1) is 12.8 Å². The highest BCUT2D eigenvalue weighted by molar-refractivity contribution is 5.69. The van der Waals surface area contributed by atoms with Crippen LogP contribution in [0.2, 0.25) is 0 Å². The summed E-state index contributed by atoms with van der Waals surface area (Å²) in [7, 11) is 0. The van der Waals surface area contributed by atoms with Gasteiger partial charge in [-0.1, -0.05) is 24.6 Å². The van der Waals surface area contributed by atoms with Gasteiger partial charge in [-0.2, -0.15) is 0 Å². The number of rotatable bonds is 7. The minimum absolute atomic E-state index is 0.0830. The van der Waals surface area contributed by atoms with E-state index < -0.39 is 5.97 Å². The Balaban J connectivity index is 2.53. The molecule has 0 spiro atoms. The van der Waals surface area contributed by atoms with E-state index in [9.17, 15) is 4.79 Å². The molecule has 0 aliphatic carbocycles. The van der Waals surface area contributed by atoms with Gasteiger partial charge in [0.05, 0.1) is 5.92 Å². The molecule has 1 N–H and O–H groups in total. The molecule has 118 valence electrons. The number of carboxylic acids is 1. The van der Waals surface area contributed by atoms with E-state index in [1.807, 2.05) is 31.2 Å². The summed E-state index contributed by atoms with van der Waals surface area (Å²) in [6, 6.07) is 7.94. The Morgan fingerprint density at radius 2 is 1.86 bits per heavy atom. The maximum Gasteiger partial charge on any atom is 0.307 e. The highest BCUT2D eigenvalue weighted by Gasteiger charge is 2.25. The van der Waals surface area contributed by atoms with Crippen molar-refractivity contribution in [3.05, 3.63) is 29.8 Å². The Labute approximate surface area is 127 Å². The minimum Gasteiger partial charge on any atom is -0.492 e. The number of hydrogen-bond acceptors (Lipinski definition) is 3. The van der Waals surface area contributed by atoms with Crippen molar-refractivity contribution in [3.63, 3.8) is 0 Å². The molecule has 21 heavy (non-hydrogen) atoms. The summed E-state index contributed by atoms with van der Waals surface area (Å²) in [6.07, 6.45) is 0. The Morgan fingerprint density at radius 1 is 1.29 bits per heavy atom. The van der Waals surface area contributed by atoms with E-state index in [2.05, 4.69) is 25.7 Å². The zero-order chi connectivity index (χ0) is 16.0. The van der Waals surface area contributed by atoms with Crippen molar-refractivity contribution in [1.29, 1.82) is 0 Å². The number of benzene rings is 1. The van der Waals surface area contributed by atoms with Crippen LogP contribution >= 0.6 is 0 Å². The number of carboxylic acid groups (broad SMARTS) is 1.